The first-order chi connectivity index (χ1) is 17.8. The van der Waals surface area contributed by atoms with Crippen LogP contribution in [-0.4, -0.2) is 44.4 Å². The van der Waals surface area contributed by atoms with E-state index in [9.17, 15) is 14.4 Å². The SMILES string of the molecule is CCOC(=O)C1=C(C)N=c2sc(=Cc3ccc(C(=O)OC)cc3)c(=O)n2C1c1cc(OC)ccc1OC. The molecule has 0 saturated carbocycles. The molecule has 1 unspecified atom stereocenters. The molecule has 0 bridgehead atoms. The highest BCUT2D eigenvalue weighted by atomic mass is 32.1. The fraction of sp³-hybridized carbons (Fsp3) is 0.259. The van der Waals surface area contributed by atoms with Crippen LogP contribution in [0.4, 0.5) is 0 Å². The topological polar surface area (TPSA) is 105 Å². The van der Waals surface area contributed by atoms with Gasteiger partial charge in [0.2, 0.25) is 0 Å². The summed E-state index contributed by atoms with van der Waals surface area (Å²) >= 11 is 1.20. The highest BCUT2D eigenvalue weighted by Crippen LogP contribution is 2.37. The van der Waals surface area contributed by atoms with Crippen LogP contribution in [0.1, 0.15) is 41.4 Å². The van der Waals surface area contributed by atoms with E-state index in [0.29, 0.717) is 37.7 Å². The van der Waals surface area contributed by atoms with Gasteiger partial charge in [-0.05, 0) is 55.8 Å². The molecule has 2 heterocycles. The van der Waals surface area contributed by atoms with E-state index in [2.05, 4.69) is 4.99 Å². The number of aromatic nitrogens is 1. The van der Waals surface area contributed by atoms with Crippen LogP contribution in [0.5, 0.6) is 11.5 Å². The molecule has 37 heavy (non-hydrogen) atoms. The first kappa shape index (κ1) is 25.9. The lowest BCUT2D eigenvalue weighted by Crippen LogP contribution is -2.40. The fourth-order valence-corrected chi connectivity index (χ4v) is 5.17. The predicted molar refractivity (Wildman–Crippen MR) is 138 cm³/mol. The van der Waals surface area contributed by atoms with E-state index in [-0.39, 0.29) is 17.7 Å². The molecule has 9 nitrogen and oxygen atoms in total. The van der Waals surface area contributed by atoms with Crippen LogP contribution in [0.3, 0.4) is 0 Å². The maximum absolute atomic E-state index is 13.8. The summed E-state index contributed by atoms with van der Waals surface area (Å²) in [4.78, 5) is 43.6. The molecule has 0 spiro atoms. The zero-order valence-corrected chi connectivity index (χ0v) is 21.9. The Kier molecular flexibility index (Phi) is 7.58. The summed E-state index contributed by atoms with van der Waals surface area (Å²) in [6.45, 7) is 3.60. The van der Waals surface area contributed by atoms with Crippen LogP contribution in [0.2, 0.25) is 0 Å². The normalized spacial score (nSPS) is 15.1. The van der Waals surface area contributed by atoms with Crippen molar-refractivity contribution in [3.63, 3.8) is 0 Å². The maximum atomic E-state index is 13.8. The van der Waals surface area contributed by atoms with Crippen molar-refractivity contribution >= 4 is 29.4 Å². The molecule has 192 valence electrons. The molecule has 0 radical (unpaired) electrons. The summed E-state index contributed by atoms with van der Waals surface area (Å²) in [5.74, 6) is 0.0168. The summed E-state index contributed by atoms with van der Waals surface area (Å²) in [5.41, 5.74) is 2.05. The lowest BCUT2D eigenvalue weighted by molar-refractivity contribution is -0.139. The molecule has 1 atom stereocenters. The summed E-state index contributed by atoms with van der Waals surface area (Å²) in [6.07, 6.45) is 1.72. The number of rotatable bonds is 7. The number of hydrogen-bond acceptors (Lipinski definition) is 9. The first-order valence-corrected chi connectivity index (χ1v) is 12.2. The number of allylic oxidation sites excluding steroid dienone is 1. The molecule has 10 heteroatoms. The number of carbonyl (C=O) groups is 2. The number of thiazole rings is 1. The molecule has 4 rings (SSSR count). The smallest absolute Gasteiger partial charge is 0.338 e. The maximum Gasteiger partial charge on any atom is 0.338 e. The number of fused-ring (bicyclic) bond motifs is 1. The van der Waals surface area contributed by atoms with Crippen molar-refractivity contribution < 1.29 is 28.5 Å². The molecular weight excluding hydrogens is 496 g/mol. The van der Waals surface area contributed by atoms with Crippen LogP contribution < -0.4 is 24.4 Å². The van der Waals surface area contributed by atoms with Crippen LogP contribution in [0.25, 0.3) is 6.08 Å². The number of hydrogen-bond donors (Lipinski definition) is 0. The Balaban J connectivity index is 1.94. The number of methoxy groups -OCH3 is 3. The van der Waals surface area contributed by atoms with Crippen LogP contribution in [0.15, 0.2) is 63.5 Å². The summed E-state index contributed by atoms with van der Waals surface area (Å²) in [6, 6.07) is 11.1. The molecule has 1 aromatic heterocycles. The lowest BCUT2D eigenvalue weighted by atomic mass is 9.94. The van der Waals surface area contributed by atoms with Gasteiger partial charge < -0.3 is 18.9 Å². The third-order valence-electron chi connectivity index (χ3n) is 5.88. The number of benzene rings is 2. The molecule has 0 saturated heterocycles. The Morgan fingerprint density at radius 3 is 2.41 bits per heavy atom. The molecule has 0 amide bonds. The van der Waals surface area contributed by atoms with Crippen LogP contribution >= 0.6 is 11.3 Å². The number of esters is 2. The van der Waals surface area contributed by atoms with E-state index in [1.165, 1.54) is 37.2 Å². The van der Waals surface area contributed by atoms with Gasteiger partial charge in [-0.15, -0.1) is 0 Å². The van der Waals surface area contributed by atoms with Gasteiger partial charge in [0.25, 0.3) is 5.56 Å². The van der Waals surface area contributed by atoms with Crippen molar-refractivity contribution in [1.82, 2.24) is 4.57 Å². The third-order valence-corrected chi connectivity index (χ3v) is 6.86. The zero-order valence-electron chi connectivity index (χ0n) is 21.1. The standard InChI is InChI=1S/C27H26N2O7S/c1-6-36-26(32)22-15(2)28-27-29(23(22)19-14-18(33-3)11-12-20(19)34-4)24(30)21(37-27)13-16-7-9-17(10-8-16)25(31)35-5/h7-14,23H,6H2,1-5H3. The molecule has 0 aliphatic carbocycles. The van der Waals surface area contributed by atoms with E-state index < -0.39 is 18.0 Å². The Bertz CT molecular complexity index is 1570. The predicted octanol–water partition coefficient (Wildman–Crippen LogP) is 2.60. The number of carbonyl (C=O) groups excluding carboxylic acids is 2. The van der Waals surface area contributed by atoms with Crippen LogP contribution in [-0.2, 0) is 14.3 Å². The van der Waals surface area contributed by atoms with E-state index in [1.807, 2.05) is 0 Å². The molecule has 1 aliphatic rings. The van der Waals surface area contributed by atoms with Crippen LogP contribution in [0, 0.1) is 0 Å². The Hall–Kier alpha value is -4.18. The fourth-order valence-electron chi connectivity index (χ4n) is 4.12. The van der Waals surface area contributed by atoms with Gasteiger partial charge in [0, 0.05) is 5.56 Å². The molecule has 2 aromatic carbocycles. The molecule has 0 N–H and O–H groups in total. The molecule has 1 aliphatic heterocycles. The van der Waals surface area contributed by atoms with Crippen molar-refractivity contribution in [2.45, 2.75) is 19.9 Å². The highest BCUT2D eigenvalue weighted by Gasteiger charge is 2.35. The minimum absolute atomic E-state index is 0.170. The summed E-state index contributed by atoms with van der Waals surface area (Å²) < 4.78 is 23.0. The Labute approximate surface area is 216 Å². The second-order valence-electron chi connectivity index (χ2n) is 8.02. The average Bonchev–Trinajstić information content (AvgIpc) is 3.21. The zero-order chi connectivity index (χ0) is 26.7. The number of ether oxygens (including phenoxy) is 4. The Morgan fingerprint density at radius 2 is 1.78 bits per heavy atom. The second kappa shape index (κ2) is 10.8. The monoisotopic (exact) mass is 522 g/mol. The summed E-state index contributed by atoms with van der Waals surface area (Å²) in [7, 11) is 4.38. The average molecular weight is 523 g/mol. The highest BCUT2D eigenvalue weighted by molar-refractivity contribution is 7.07. The van der Waals surface area contributed by atoms with E-state index >= 15 is 0 Å². The largest absolute Gasteiger partial charge is 0.497 e. The van der Waals surface area contributed by atoms with Crippen molar-refractivity contribution in [3.05, 3.63) is 90.1 Å². The van der Waals surface area contributed by atoms with E-state index in [4.69, 9.17) is 18.9 Å². The third kappa shape index (κ3) is 4.92. The Morgan fingerprint density at radius 1 is 1.05 bits per heavy atom. The second-order valence-corrected chi connectivity index (χ2v) is 9.03. The van der Waals surface area contributed by atoms with Crippen molar-refractivity contribution in [2.75, 3.05) is 27.9 Å². The van der Waals surface area contributed by atoms with Crippen molar-refractivity contribution in [3.8, 4) is 11.5 Å². The van der Waals surface area contributed by atoms with Crippen molar-refractivity contribution in [1.29, 1.82) is 0 Å². The van der Waals surface area contributed by atoms with Gasteiger partial charge in [-0.3, -0.25) is 9.36 Å². The molecular formula is C27H26N2O7S. The van der Waals surface area contributed by atoms with Gasteiger partial charge in [0.1, 0.15) is 17.5 Å². The quantitative estimate of drug-likeness (QED) is 0.439. The van der Waals surface area contributed by atoms with Gasteiger partial charge in [-0.1, -0.05) is 23.5 Å². The summed E-state index contributed by atoms with van der Waals surface area (Å²) in [5, 5.41) is 0. The van der Waals surface area contributed by atoms with Gasteiger partial charge in [0.05, 0.1) is 49.3 Å². The minimum atomic E-state index is -0.843. The first-order valence-electron chi connectivity index (χ1n) is 11.4. The molecule has 3 aromatic rings. The van der Waals surface area contributed by atoms with E-state index in [0.717, 1.165) is 5.56 Å². The van der Waals surface area contributed by atoms with Gasteiger partial charge >= 0.3 is 11.9 Å². The van der Waals surface area contributed by atoms with E-state index in [1.54, 1.807) is 62.4 Å². The minimum Gasteiger partial charge on any atom is -0.497 e. The number of nitrogens with zero attached hydrogens (tertiary/aromatic N) is 2. The van der Waals surface area contributed by atoms with Gasteiger partial charge in [-0.2, -0.15) is 0 Å². The lowest BCUT2D eigenvalue weighted by Gasteiger charge is -2.26. The van der Waals surface area contributed by atoms with Gasteiger partial charge in [-0.25, -0.2) is 14.6 Å². The van der Waals surface area contributed by atoms with Crippen molar-refractivity contribution in [2.24, 2.45) is 4.99 Å². The van der Waals surface area contributed by atoms with Gasteiger partial charge in [0.15, 0.2) is 4.80 Å². The molecule has 0 fully saturated rings.